The van der Waals surface area contributed by atoms with E-state index >= 15 is 0 Å². The van der Waals surface area contributed by atoms with Gasteiger partial charge in [0.05, 0.1) is 29.4 Å². The Bertz CT molecular complexity index is 524. The van der Waals surface area contributed by atoms with Crippen LogP contribution in [0, 0.1) is 0 Å². The first kappa shape index (κ1) is 31.6. The van der Waals surface area contributed by atoms with Crippen LogP contribution in [0.1, 0.15) is 38.5 Å². The zero-order valence-corrected chi connectivity index (χ0v) is 26.8. The van der Waals surface area contributed by atoms with E-state index in [1.54, 1.807) is 0 Å². The maximum atomic E-state index is 11.8. The predicted octanol–water partition coefficient (Wildman–Crippen LogP) is 8.84. The van der Waals surface area contributed by atoms with Crippen LogP contribution in [0.3, 0.4) is 0 Å². The van der Waals surface area contributed by atoms with Gasteiger partial charge in [-0.25, -0.2) is 4.79 Å². The van der Waals surface area contributed by atoms with Crippen LogP contribution in [-0.2, 0) is 9.47 Å². The molecule has 0 aliphatic carbocycles. The van der Waals surface area contributed by atoms with Gasteiger partial charge in [0, 0.05) is 16.1 Å². The van der Waals surface area contributed by atoms with Crippen LogP contribution < -0.4 is 0 Å². The van der Waals surface area contributed by atoms with Gasteiger partial charge in [-0.1, -0.05) is 101 Å². The largest absolute Gasteiger partial charge is 0.508 e. The van der Waals surface area contributed by atoms with Crippen molar-refractivity contribution in [1.82, 2.24) is 0 Å². The predicted molar refractivity (Wildman–Crippen MR) is 155 cm³/mol. The van der Waals surface area contributed by atoms with E-state index in [9.17, 15) is 4.79 Å². The Balaban J connectivity index is 3.77. The molecule has 0 atom stereocenters. The normalized spacial score (nSPS) is 13.0. The number of unbranched alkanes of at least 4 members (excludes halogenated alkanes) is 4. The third kappa shape index (κ3) is 17.1. The Kier molecular flexibility index (Phi) is 14.6. The molecule has 188 valence electrons. The molecule has 0 aromatic carbocycles. The molecule has 0 bridgehead atoms. The van der Waals surface area contributed by atoms with Crippen molar-refractivity contribution in [2.75, 3.05) is 13.2 Å². The maximum Gasteiger partial charge on any atom is 0.508 e. The maximum absolute atomic E-state index is 11.8. The smallest absolute Gasteiger partial charge is 0.434 e. The van der Waals surface area contributed by atoms with Crippen LogP contribution in [-0.4, -0.2) is 51.7 Å². The molecule has 0 aliphatic heterocycles. The first-order chi connectivity index (χ1) is 14.6. The van der Waals surface area contributed by atoms with Crippen molar-refractivity contribution in [3.63, 3.8) is 0 Å². The van der Waals surface area contributed by atoms with Gasteiger partial charge in [0.25, 0.3) is 0 Å². The molecule has 0 N–H and O–H groups in total. The molecule has 0 spiro atoms. The van der Waals surface area contributed by atoms with Crippen molar-refractivity contribution in [1.29, 1.82) is 0 Å². The number of carbonyl (C=O) groups is 1. The number of hydrogen-bond donors (Lipinski definition) is 0. The Morgan fingerprint density at radius 2 is 0.969 bits per heavy atom. The van der Waals surface area contributed by atoms with E-state index in [1.165, 1.54) is 36.3 Å². The van der Waals surface area contributed by atoms with E-state index in [1.807, 2.05) is 0 Å². The van der Waals surface area contributed by atoms with Crippen molar-refractivity contribution in [2.45, 2.75) is 114 Å². The molecular formula is C25H54O3Si4. The standard InChI is InChI=1S/C25H54O3Si4/c1-11-29(3,4)23-31(7,8)21-17-13-15-19-27-25(26)28-20-16-14-18-22-32(9,10)24-30(5,6)12-2/h11-12H,1-2,13-24H2,3-10H3. The second-order valence-electron chi connectivity index (χ2n) is 12.6. The zero-order valence-electron chi connectivity index (χ0n) is 22.8. The summed E-state index contributed by atoms with van der Waals surface area (Å²) in [4.78, 5) is 11.8. The number of rotatable bonds is 18. The van der Waals surface area contributed by atoms with E-state index in [4.69, 9.17) is 9.47 Å². The lowest BCUT2D eigenvalue weighted by atomic mass is 10.3. The minimum atomic E-state index is -1.21. The Morgan fingerprint density at radius 3 is 1.28 bits per heavy atom. The summed E-state index contributed by atoms with van der Waals surface area (Å²) in [5.74, 6) is 0. The zero-order chi connectivity index (χ0) is 24.9. The van der Waals surface area contributed by atoms with Crippen molar-refractivity contribution < 1.29 is 14.3 Å². The van der Waals surface area contributed by atoms with Crippen LogP contribution in [0.15, 0.2) is 24.6 Å². The van der Waals surface area contributed by atoms with Crippen LogP contribution in [0.25, 0.3) is 0 Å². The van der Waals surface area contributed by atoms with Crippen LogP contribution >= 0.6 is 0 Å². The lowest BCUT2D eigenvalue weighted by Crippen LogP contribution is -2.38. The third-order valence-electron chi connectivity index (χ3n) is 6.41. The molecule has 0 saturated carbocycles. The summed E-state index contributed by atoms with van der Waals surface area (Å²) in [6.45, 7) is 28.7. The SMILES string of the molecule is C=C[Si](C)(C)C[Si](C)(C)CCCCCOC(=O)OCCCCC[Si](C)(C)C[Si](C)(C)C=C. The fraction of sp³-hybridized carbons (Fsp3) is 0.800. The molecule has 0 fully saturated rings. The summed E-state index contributed by atoms with van der Waals surface area (Å²) >= 11 is 0. The minimum Gasteiger partial charge on any atom is -0.434 e. The number of hydrogen-bond acceptors (Lipinski definition) is 3. The average Bonchev–Trinajstić information content (AvgIpc) is 2.65. The van der Waals surface area contributed by atoms with Gasteiger partial charge in [-0.15, -0.1) is 24.6 Å². The molecule has 0 aromatic heterocycles. The molecule has 0 aromatic rings. The van der Waals surface area contributed by atoms with Gasteiger partial charge in [-0.05, 0) is 12.8 Å². The van der Waals surface area contributed by atoms with Crippen LogP contribution in [0.4, 0.5) is 4.79 Å². The topological polar surface area (TPSA) is 35.5 Å². The molecule has 32 heavy (non-hydrogen) atoms. The summed E-state index contributed by atoms with van der Waals surface area (Å²) in [5.41, 5.74) is 7.30. The van der Waals surface area contributed by atoms with Gasteiger partial charge in [0.1, 0.15) is 0 Å². The second-order valence-corrected chi connectivity index (χ2v) is 33.9. The van der Waals surface area contributed by atoms with Crippen LogP contribution in [0.5, 0.6) is 0 Å². The van der Waals surface area contributed by atoms with E-state index in [0.29, 0.717) is 13.2 Å². The third-order valence-corrected chi connectivity index (χ3v) is 27.0. The fourth-order valence-electron chi connectivity index (χ4n) is 4.91. The lowest BCUT2D eigenvalue weighted by molar-refractivity contribution is 0.0530. The van der Waals surface area contributed by atoms with Crippen molar-refractivity contribution in [2.24, 2.45) is 0 Å². The van der Waals surface area contributed by atoms with Gasteiger partial charge in [-0.3, -0.25) is 0 Å². The molecule has 0 aliphatic rings. The first-order valence-corrected chi connectivity index (χ1v) is 26.1. The van der Waals surface area contributed by atoms with E-state index < -0.39 is 38.5 Å². The molecule has 0 rings (SSSR count). The summed E-state index contributed by atoms with van der Waals surface area (Å²) in [7, 11) is -4.69. The summed E-state index contributed by atoms with van der Waals surface area (Å²) in [6.07, 6.45) is 6.12. The lowest BCUT2D eigenvalue weighted by Gasteiger charge is -2.30. The van der Waals surface area contributed by atoms with Crippen molar-refractivity contribution in [3.05, 3.63) is 24.6 Å². The number of carbonyl (C=O) groups excluding carboxylic acids is 1. The Labute approximate surface area is 204 Å². The van der Waals surface area contributed by atoms with Gasteiger partial charge < -0.3 is 9.47 Å². The Hall–Kier alpha value is -0.382. The highest BCUT2D eigenvalue weighted by molar-refractivity contribution is 6.98. The van der Waals surface area contributed by atoms with Crippen LogP contribution in [0.2, 0.25) is 75.8 Å². The highest BCUT2D eigenvalue weighted by atomic mass is 28.4. The highest BCUT2D eigenvalue weighted by Crippen LogP contribution is 2.27. The molecule has 7 heteroatoms. The van der Waals surface area contributed by atoms with E-state index in [-0.39, 0.29) is 0 Å². The molecule has 0 unspecified atom stereocenters. The fourth-order valence-corrected chi connectivity index (χ4v) is 29.6. The first-order valence-electron chi connectivity index (χ1n) is 12.7. The van der Waals surface area contributed by atoms with Crippen molar-refractivity contribution in [3.8, 4) is 0 Å². The van der Waals surface area contributed by atoms with Crippen molar-refractivity contribution >= 4 is 38.5 Å². The average molecular weight is 515 g/mol. The summed E-state index contributed by atoms with van der Waals surface area (Å²) < 4.78 is 10.5. The highest BCUT2D eigenvalue weighted by Gasteiger charge is 2.30. The van der Waals surface area contributed by atoms with Gasteiger partial charge in [0.15, 0.2) is 0 Å². The molecule has 0 amide bonds. The van der Waals surface area contributed by atoms with E-state index in [2.05, 4.69) is 76.9 Å². The monoisotopic (exact) mass is 514 g/mol. The van der Waals surface area contributed by atoms with E-state index in [0.717, 1.165) is 25.7 Å². The van der Waals surface area contributed by atoms with Gasteiger partial charge >= 0.3 is 6.16 Å². The summed E-state index contributed by atoms with van der Waals surface area (Å²) in [5, 5.41) is 0. The summed E-state index contributed by atoms with van der Waals surface area (Å²) in [6, 6.07) is 2.71. The molecule has 0 radical (unpaired) electrons. The molecular weight excluding hydrogens is 461 g/mol. The Morgan fingerprint density at radius 1 is 0.625 bits per heavy atom. The molecule has 0 saturated heterocycles. The van der Waals surface area contributed by atoms with Gasteiger partial charge in [0.2, 0.25) is 0 Å². The minimum absolute atomic E-state index is 0.483. The molecule has 3 nitrogen and oxygen atoms in total. The number of ether oxygens (including phenoxy) is 2. The quantitative estimate of drug-likeness (QED) is 0.104. The van der Waals surface area contributed by atoms with Gasteiger partial charge in [-0.2, -0.15) is 0 Å². The molecule has 0 heterocycles. The second kappa shape index (κ2) is 14.8.